The van der Waals surface area contributed by atoms with Gasteiger partial charge in [0.05, 0.1) is 18.8 Å². The Morgan fingerprint density at radius 3 is 2.45 bits per heavy atom. The van der Waals surface area contributed by atoms with Crippen LogP contribution < -0.4 is 14.8 Å². The molecular formula is C14H18N4O2. The van der Waals surface area contributed by atoms with Crippen LogP contribution in [0.4, 0.5) is 5.95 Å². The molecule has 0 spiro atoms. The van der Waals surface area contributed by atoms with E-state index in [-0.39, 0.29) is 0 Å². The fourth-order valence-corrected chi connectivity index (χ4v) is 1.72. The van der Waals surface area contributed by atoms with Crippen LogP contribution >= 0.6 is 0 Å². The Balaban J connectivity index is 2.48. The zero-order chi connectivity index (χ0) is 14.4. The predicted molar refractivity (Wildman–Crippen MR) is 77.1 cm³/mol. The summed E-state index contributed by atoms with van der Waals surface area (Å²) in [5.41, 5.74) is 0.814. The van der Waals surface area contributed by atoms with Crippen LogP contribution in [0.15, 0.2) is 24.3 Å². The Hall–Kier alpha value is -2.37. The Labute approximate surface area is 118 Å². The number of benzene rings is 1. The predicted octanol–water partition coefficient (Wildman–Crippen LogP) is 2.38. The third-order valence-corrected chi connectivity index (χ3v) is 2.54. The van der Waals surface area contributed by atoms with Crippen LogP contribution in [0.5, 0.6) is 11.8 Å². The Morgan fingerprint density at radius 1 is 1.00 bits per heavy atom. The maximum absolute atomic E-state index is 5.60. The summed E-state index contributed by atoms with van der Waals surface area (Å²) in [6.45, 7) is 4.91. The van der Waals surface area contributed by atoms with E-state index in [2.05, 4.69) is 20.3 Å². The molecule has 1 aromatic heterocycles. The molecule has 0 amide bonds. The normalized spacial score (nSPS) is 10.2. The number of nitrogens with zero attached hydrogens (tertiary/aromatic N) is 3. The van der Waals surface area contributed by atoms with E-state index in [1.807, 2.05) is 38.1 Å². The molecule has 1 heterocycles. The third-order valence-electron chi connectivity index (χ3n) is 2.54. The van der Waals surface area contributed by atoms with Gasteiger partial charge < -0.3 is 14.8 Å². The van der Waals surface area contributed by atoms with Gasteiger partial charge in [-0.15, -0.1) is 0 Å². The lowest BCUT2D eigenvalue weighted by Gasteiger charge is -2.10. The lowest BCUT2D eigenvalue weighted by atomic mass is 10.2. The van der Waals surface area contributed by atoms with E-state index >= 15 is 0 Å². The van der Waals surface area contributed by atoms with E-state index in [4.69, 9.17) is 9.47 Å². The van der Waals surface area contributed by atoms with Crippen molar-refractivity contribution in [2.24, 2.45) is 0 Å². The molecule has 2 aromatic rings. The molecule has 0 aliphatic rings. The maximum Gasteiger partial charge on any atom is 0.321 e. The first kappa shape index (κ1) is 14.0. The molecule has 2 rings (SSSR count). The SMILES string of the molecule is CCOc1nc(NC)nc(-c2ccccc2OCC)n1. The zero-order valence-corrected chi connectivity index (χ0v) is 11.9. The molecule has 0 bridgehead atoms. The average Bonchev–Trinajstić information content (AvgIpc) is 2.48. The van der Waals surface area contributed by atoms with E-state index < -0.39 is 0 Å². The first-order chi connectivity index (χ1) is 9.78. The summed E-state index contributed by atoms with van der Waals surface area (Å²) in [7, 11) is 1.75. The molecule has 0 atom stereocenters. The molecule has 0 saturated heterocycles. The molecular weight excluding hydrogens is 256 g/mol. The van der Waals surface area contributed by atoms with Gasteiger partial charge in [0.1, 0.15) is 5.75 Å². The van der Waals surface area contributed by atoms with Crippen molar-refractivity contribution in [1.29, 1.82) is 0 Å². The topological polar surface area (TPSA) is 69.2 Å². The Kier molecular flexibility index (Phi) is 4.70. The first-order valence-electron chi connectivity index (χ1n) is 6.57. The summed E-state index contributed by atoms with van der Waals surface area (Å²) >= 11 is 0. The number of para-hydroxylation sites is 1. The Bertz CT molecular complexity index is 575. The lowest BCUT2D eigenvalue weighted by molar-refractivity contribution is 0.312. The van der Waals surface area contributed by atoms with Gasteiger partial charge in [0.2, 0.25) is 5.95 Å². The fourth-order valence-electron chi connectivity index (χ4n) is 1.72. The molecule has 20 heavy (non-hydrogen) atoms. The van der Waals surface area contributed by atoms with Gasteiger partial charge in [-0.2, -0.15) is 15.0 Å². The van der Waals surface area contributed by atoms with Crippen molar-refractivity contribution >= 4 is 5.95 Å². The second kappa shape index (κ2) is 6.70. The molecule has 0 saturated carbocycles. The van der Waals surface area contributed by atoms with Crippen LogP contribution in [0.2, 0.25) is 0 Å². The van der Waals surface area contributed by atoms with Crippen molar-refractivity contribution < 1.29 is 9.47 Å². The monoisotopic (exact) mass is 274 g/mol. The van der Waals surface area contributed by atoms with Crippen LogP contribution in [-0.2, 0) is 0 Å². The highest BCUT2D eigenvalue weighted by atomic mass is 16.5. The van der Waals surface area contributed by atoms with Gasteiger partial charge in [-0.05, 0) is 26.0 Å². The summed E-state index contributed by atoms with van der Waals surface area (Å²) in [5.74, 6) is 1.73. The van der Waals surface area contributed by atoms with Crippen LogP contribution in [0.1, 0.15) is 13.8 Å². The minimum Gasteiger partial charge on any atom is -0.493 e. The summed E-state index contributed by atoms with van der Waals surface area (Å²) in [5, 5.41) is 2.90. The first-order valence-corrected chi connectivity index (χ1v) is 6.57. The molecule has 6 heteroatoms. The van der Waals surface area contributed by atoms with Crippen LogP contribution in [0, 0.1) is 0 Å². The largest absolute Gasteiger partial charge is 0.493 e. The minimum absolute atomic E-state index is 0.299. The van der Waals surface area contributed by atoms with E-state index in [1.54, 1.807) is 7.05 Å². The summed E-state index contributed by atoms with van der Waals surface area (Å²) in [6.07, 6.45) is 0. The standard InChI is InChI=1S/C14H18N4O2/c1-4-19-11-9-7-6-8-10(11)12-16-13(15-3)18-14(17-12)20-5-2/h6-9H,4-5H2,1-3H3,(H,15,16,17,18). The molecule has 106 valence electrons. The van der Waals surface area contributed by atoms with Crippen LogP contribution in [0.25, 0.3) is 11.4 Å². The van der Waals surface area contributed by atoms with Crippen LogP contribution in [-0.4, -0.2) is 35.2 Å². The molecule has 0 unspecified atom stereocenters. The van der Waals surface area contributed by atoms with Gasteiger partial charge in [-0.25, -0.2) is 0 Å². The Morgan fingerprint density at radius 2 is 1.75 bits per heavy atom. The second-order valence-corrected chi connectivity index (χ2v) is 3.88. The van der Waals surface area contributed by atoms with E-state index in [0.29, 0.717) is 31.0 Å². The van der Waals surface area contributed by atoms with Gasteiger partial charge in [0.25, 0.3) is 0 Å². The van der Waals surface area contributed by atoms with Crippen molar-refractivity contribution in [3.05, 3.63) is 24.3 Å². The quantitative estimate of drug-likeness (QED) is 0.872. The summed E-state index contributed by atoms with van der Waals surface area (Å²) in [4.78, 5) is 12.8. The number of anilines is 1. The lowest BCUT2D eigenvalue weighted by Crippen LogP contribution is -2.05. The number of nitrogens with one attached hydrogen (secondary N) is 1. The van der Waals surface area contributed by atoms with Crippen molar-refractivity contribution in [3.63, 3.8) is 0 Å². The number of aromatic nitrogens is 3. The van der Waals surface area contributed by atoms with Gasteiger partial charge in [0, 0.05) is 7.05 Å². The highest BCUT2D eigenvalue weighted by Crippen LogP contribution is 2.28. The maximum atomic E-state index is 5.60. The van der Waals surface area contributed by atoms with Crippen LogP contribution in [0.3, 0.4) is 0 Å². The van der Waals surface area contributed by atoms with E-state index in [9.17, 15) is 0 Å². The average molecular weight is 274 g/mol. The molecule has 1 N–H and O–H groups in total. The van der Waals surface area contributed by atoms with Gasteiger partial charge in [-0.3, -0.25) is 0 Å². The number of rotatable bonds is 6. The third kappa shape index (κ3) is 3.14. The minimum atomic E-state index is 0.299. The molecule has 0 radical (unpaired) electrons. The highest BCUT2D eigenvalue weighted by Gasteiger charge is 2.12. The fraction of sp³-hybridized carbons (Fsp3) is 0.357. The van der Waals surface area contributed by atoms with E-state index in [1.165, 1.54) is 0 Å². The zero-order valence-electron chi connectivity index (χ0n) is 11.9. The number of hydrogen-bond acceptors (Lipinski definition) is 6. The molecule has 0 aliphatic heterocycles. The summed E-state index contributed by atoms with van der Waals surface area (Å²) in [6, 6.07) is 7.93. The number of ether oxygens (including phenoxy) is 2. The number of hydrogen-bond donors (Lipinski definition) is 1. The molecule has 0 aliphatic carbocycles. The van der Waals surface area contributed by atoms with Crippen molar-refractivity contribution in [1.82, 2.24) is 15.0 Å². The second-order valence-electron chi connectivity index (χ2n) is 3.88. The molecule has 1 aromatic carbocycles. The van der Waals surface area contributed by atoms with E-state index in [0.717, 1.165) is 11.3 Å². The van der Waals surface area contributed by atoms with Gasteiger partial charge >= 0.3 is 6.01 Å². The smallest absolute Gasteiger partial charge is 0.321 e. The summed E-state index contributed by atoms with van der Waals surface area (Å²) < 4.78 is 11.0. The molecule has 6 nitrogen and oxygen atoms in total. The molecule has 0 fully saturated rings. The van der Waals surface area contributed by atoms with Crippen molar-refractivity contribution in [2.45, 2.75) is 13.8 Å². The van der Waals surface area contributed by atoms with Crippen molar-refractivity contribution in [3.8, 4) is 23.1 Å². The van der Waals surface area contributed by atoms with Crippen molar-refractivity contribution in [2.75, 3.05) is 25.6 Å². The highest BCUT2D eigenvalue weighted by molar-refractivity contribution is 5.64. The van der Waals surface area contributed by atoms with Gasteiger partial charge in [0.15, 0.2) is 5.82 Å². The van der Waals surface area contributed by atoms with Gasteiger partial charge in [-0.1, -0.05) is 12.1 Å².